The maximum absolute atomic E-state index is 13.4. The van der Waals surface area contributed by atoms with Crippen LogP contribution in [0.2, 0.25) is 0 Å². The van der Waals surface area contributed by atoms with Crippen molar-refractivity contribution in [3.8, 4) is 11.1 Å². The first-order chi connectivity index (χ1) is 15.6. The molecule has 1 N–H and O–H groups in total. The molecular formula is C24H27N3O5S. The number of piperidine rings is 1. The molecule has 2 aromatic rings. The van der Waals surface area contributed by atoms with E-state index in [1.165, 1.54) is 15.9 Å². The number of benzene rings is 2. The zero-order valence-corrected chi connectivity index (χ0v) is 19.6. The Bertz CT molecular complexity index is 1230. The third-order valence-electron chi connectivity index (χ3n) is 6.50. The van der Waals surface area contributed by atoms with Gasteiger partial charge in [0.05, 0.1) is 21.4 Å². The molecule has 2 aliphatic heterocycles. The maximum atomic E-state index is 13.4. The minimum absolute atomic E-state index is 0.0744. The van der Waals surface area contributed by atoms with Gasteiger partial charge in [-0.3, -0.25) is 4.90 Å². The van der Waals surface area contributed by atoms with Gasteiger partial charge in [0, 0.05) is 24.4 Å². The number of anilines is 1. The lowest BCUT2D eigenvalue weighted by Crippen LogP contribution is -2.59. The molecule has 0 aromatic heterocycles. The summed E-state index contributed by atoms with van der Waals surface area (Å²) in [7, 11) is -3.75. The van der Waals surface area contributed by atoms with Gasteiger partial charge in [-0.05, 0) is 45.2 Å². The summed E-state index contributed by atoms with van der Waals surface area (Å²) in [4.78, 5) is 31.8. The van der Waals surface area contributed by atoms with Crippen molar-refractivity contribution in [2.45, 2.75) is 55.3 Å². The van der Waals surface area contributed by atoms with Crippen molar-refractivity contribution in [1.29, 1.82) is 0 Å². The number of nitrogens with zero attached hydrogens (tertiary/aromatic N) is 3. The predicted octanol–water partition coefficient (Wildman–Crippen LogP) is 4.45. The summed E-state index contributed by atoms with van der Waals surface area (Å²) in [6.07, 6.45) is 1.19. The Morgan fingerprint density at radius 3 is 2.45 bits per heavy atom. The average Bonchev–Trinajstić information content (AvgIpc) is 3.08. The molecule has 4 rings (SSSR count). The lowest BCUT2D eigenvalue weighted by atomic mass is 9.83. The van der Waals surface area contributed by atoms with Crippen molar-refractivity contribution in [1.82, 2.24) is 4.90 Å². The standard InChI is InChI=1S/C24H27N3O5S/c1-16(2)33(31,32)20-11-7-10-19(18-8-5-4-6-9-18)21(20)27-22(28)25-15-24(27)12-13-26(23(29)30)17(3)14-24/h4-11,15-17H,12-14H2,1-3H3,(H,29,30). The van der Waals surface area contributed by atoms with Crippen molar-refractivity contribution >= 4 is 33.9 Å². The van der Waals surface area contributed by atoms with Crippen molar-refractivity contribution in [3.63, 3.8) is 0 Å². The minimum atomic E-state index is -3.75. The van der Waals surface area contributed by atoms with Crippen molar-refractivity contribution in [2.75, 3.05) is 11.4 Å². The number of urea groups is 1. The first-order valence-electron chi connectivity index (χ1n) is 10.9. The number of carboxylic acid groups (broad SMARTS) is 1. The fourth-order valence-corrected chi connectivity index (χ4v) is 6.00. The van der Waals surface area contributed by atoms with Gasteiger partial charge in [0.2, 0.25) is 0 Å². The maximum Gasteiger partial charge on any atom is 0.407 e. The second kappa shape index (κ2) is 8.30. The highest BCUT2D eigenvalue weighted by Crippen LogP contribution is 2.45. The molecule has 0 aliphatic carbocycles. The summed E-state index contributed by atoms with van der Waals surface area (Å²) in [6, 6.07) is 13.4. The monoisotopic (exact) mass is 469 g/mol. The summed E-state index contributed by atoms with van der Waals surface area (Å²) in [5.41, 5.74) is 0.785. The van der Waals surface area contributed by atoms with Crippen LogP contribution in [0.4, 0.5) is 15.3 Å². The molecule has 2 aromatic carbocycles. The van der Waals surface area contributed by atoms with E-state index in [2.05, 4.69) is 4.99 Å². The number of carbonyl (C=O) groups is 2. The quantitative estimate of drug-likeness (QED) is 0.712. The van der Waals surface area contributed by atoms with Crippen LogP contribution in [0.3, 0.4) is 0 Å². The minimum Gasteiger partial charge on any atom is -0.465 e. The van der Waals surface area contributed by atoms with E-state index in [0.717, 1.165) is 5.56 Å². The molecule has 3 amide bonds. The van der Waals surface area contributed by atoms with E-state index in [4.69, 9.17) is 0 Å². The molecule has 2 unspecified atom stereocenters. The molecule has 2 heterocycles. The van der Waals surface area contributed by atoms with Crippen molar-refractivity contribution < 1.29 is 23.1 Å². The van der Waals surface area contributed by atoms with Gasteiger partial charge < -0.3 is 10.0 Å². The zero-order chi connectivity index (χ0) is 24.0. The van der Waals surface area contributed by atoms with E-state index in [0.29, 0.717) is 24.1 Å². The Morgan fingerprint density at radius 1 is 1.15 bits per heavy atom. The second-order valence-corrected chi connectivity index (χ2v) is 11.3. The number of hydrogen-bond acceptors (Lipinski definition) is 4. The SMILES string of the molecule is CC1CC2(C=NC(=O)N2c2c(-c3ccccc3)cccc2S(=O)(=O)C(C)C)CCN1C(=O)O. The third kappa shape index (κ3) is 3.80. The van der Waals surface area contributed by atoms with Gasteiger partial charge in [-0.25, -0.2) is 23.0 Å². The highest BCUT2D eigenvalue weighted by molar-refractivity contribution is 7.92. The number of para-hydroxylation sites is 1. The van der Waals surface area contributed by atoms with Gasteiger partial charge in [-0.1, -0.05) is 42.5 Å². The molecule has 9 heteroatoms. The fraction of sp³-hybridized carbons (Fsp3) is 0.375. The van der Waals surface area contributed by atoms with Gasteiger partial charge >= 0.3 is 12.1 Å². The third-order valence-corrected chi connectivity index (χ3v) is 8.68. The van der Waals surface area contributed by atoms with E-state index >= 15 is 0 Å². The fourth-order valence-electron chi connectivity index (χ4n) is 4.75. The van der Waals surface area contributed by atoms with Crippen LogP contribution in [0.15, 0.2) is 58.4 Å². The van der Waals surface area contributed by atoms with Gasteiger partial charge in [0.1, 0.15) is 0 Å². The highest BCUT2D eigenvalue weighted by Gasteiger charge is 2.50. The molecule has 174 valence electrons. The van der Waals surface area contributed by atoms with Gasteiger partial charge in [0.15, 0.2) is 9.84 Å². The van der Waals surface area contributed by atoms with Gasteiger partial charge in [0.25, 0.3) is 0 Å². The molecular weight excluding hydrogens is 442 g/mol. The van der Waals surface area contributed by atoms with Gasteiger partial charge in [-0.2, -0.15) is 0 Å². The second-order valence-electron chi connectivity index (χ2n) is 8.87. The Morgan fingerprint density at radius 2 is 1.85 bits per heavy atom. The first kappa shape index (κ1) is 23.0. The number of aliphatic imine (C=N–C) groups is 1. The molecule has 0 bridgehead atoms. The Balaban J connectivity index is 1.95. The highest BCUT2D eigenvalue weighted by atomic mass is 32.2. The number of sulfone groups is 1. The predicted molar refractivity (Wildman–Crippen MR) is 127 cm³/mol. The number of rotatable bonds is 4. The van der Waals surface area contributed by atoms with E-state index in [1.54, 1.807) is 39.1 Å². The first-order valence-corrected chi connectivity index (χ1v) is 12.4. The van der Waals surface area contributed by atoms with Crippen LogP contribution in [-0.2, 0) is 9.84 Å². The molecule has 0 saturated carbocycles. The number of likely N-dealkylation sites (tertiary alicyclic amines) is 1. The molecule has 8 nitrogen and oxygen atoms in total. The molecule has 0 radical (unpaired) electrons. The van der Waals surface area contributed by atoms with Crippen LogP contribution >= 0.6 is 0 Å². The number of carbonyl (C=O) groups excluding carboxylic acids is 1. The van der Waals surface area contributed by atoms with E-state index < -0.39 is 32.8 Å². The molecule has 1 spiro atoms. The number of amides is 3. The molecule has 2 aliphatic rings. The van der Waals surface area contributed by atoms with Crippen LogP contribution < -0.4 is 4.90 Å². The van der Waals surface area contributed by atoms with Crippen LogP contribution in [0.1, 0.15) is 33.6 Å². The van der Waals surface area contributed by atoms with Crippen LogP contribution in [-0.4, -0.2) is 60.1 Å². The normalized spacial score (nSPS) is 23.0. The topological polar surface area (TPSA) is 107 Å². The van der Waals surface area contributed by atoms with Crippen molar-refractivity contribution in [3.05, 3.63) is 48.5 Å². The lowest BCUT2D eigenvalue weighted by molar-refractivity contribution is 0.101. The lowest BCUT2D eigenvalue weighted by Gasteiger charge is -2.46. The number of hydrogen-bond donors (Lipinski definition) is 1. The Labute approximate surface area is 193 Å². The van der Waals surface area contributed by atoms with Crippen LogP contribution in [0.5, 0.6) is 0 Å². The van der Waals surface area contributed by atoms with Gasteiger partial charge in [-0.15, -0.1) is 0 Å². The Hall–Kier alpha value is -3.20. The summed E-state index contributed by atoms with van der Waals surface area (Å²) in [6.45, 7) is 5.23. The average molecular weight is 470 g/mol. The summed E-state index contributed by atoms with van der Waals surface area (Å²) in [5, 5.41) is 8.82. The van der Waals surface area contributed by atoms with E-state index in [1.807, 2.05) is 30.3 Å². The van der Waals surface area contributed by atoms with Crippen LogP contribution in [0.25, 0.3) is 11.1 Å². The Kier molecular flexibility index (Phi) is 5.78. The van der Waals surface area contributed by atoms with E-state index in [9.17, 15) is 23.1 Å². The molecule has 1 saturated heterocycles. The molecule has 2 atom stereocenters. The molecule has 1 fully saturated rings. The molecule has 33 heavy (non-hydrogen) atoms. The zero-order valence-electron chi connectivity index (χ0n) is 18.8. The van der Waals surface area contributed by atoms with Crippen molar-refractivity contribution in [2.24, 2.45) is 4.99 Å². The smallest absolute Gasteiger partial charge is 0.407 e. The van der Waals surface area contributed by atoms with Crippen LogP contribution in [0, 0.1) is 0 Å². The largest absolute Gasteiger partial charge is 0.465 e. The summed E-state index contributed by atoms with van der Waals surface area (Å²) >= 11 is 0. The summed E-state index contributed by atoms with van der Waals surface area (Å²) in [5.74, 6) is 0. The summed E-state index contributed by atoms with van der Waals surface area (Å²) < 4.78 is 26.8. The van der Waals surface area contributed by atoms with E-state index in [-0.39, 0.29) is 17.5 Å².